The zero-order valence-electron chi connectivity index (χ0n) is 13.0. The molecule has 19 heavy (non-hydrogen) atoms. The van der Waals surface area contributed by atoms with Gasteiger partial charge in [-0.1, -0.05) is 13.8 Å². The fourth-order valence-corrected chi connectivity index (χ4v) is 2.03. The Morgan fingerprint density at radius 3 is 2.05 bits per heavy atom. The van der Waals surface area contributed by atoms with E-state index in [0.717, 1.165) is 0 Å². The molecule has 5 nitrogen and oxygen atoms in total. The second-order valence-electron chi connectivity index (χ2n) is 5.10. The third-order valence-electron chi connectivity index (χ3n) is 3.09. The van der Waals surface area contributed by atoms with Crippen LogP contribution in [0.1, 0.15) is 41.0 Å². The van der Waals surface area contributed by atoms with E-state index in [2.05, 4.69) is 5.32 Å². The molecule has 0 aromatic heterocycles. The zero-order valence-corrected chi connectivity index (χ0v) is 13.0. The predicted molar refractivity (Wildman–Crippen MR) is 75.8 cm³/mol. The van der Waals surface area contributed by atoms with Crippen molar-refractivity contribution in [2.45, 2.75) is 53.1 Å². The molecule has 0 aliphatic heterocycles. The molecule has 5 heteroatoms. The van der Waals surface area contributed by atoms with E-state index >= 15 is 0 Å². The standard InChI is InChI=1S/C14H28N2O3/c1-7-16(8-2)13(17)11(5)15-12(9-10(3)4)14(18)19-6/h10-12,15H,7-9H2,1-6H3. The molecule has 2 unspecified atom stereocenters. The molecule has 0 saturated heterocycles. The Morgan fingerprint density at radius 2 is 1.68 bits per heavy atom. The van der Waals surface area contributed by atoms with Crippen LogP contribution >= 0.6 is 0 Å². The van der Waals surface area contributed by atoms with Gasteiger partial charge in [-0.2, -0.15) is 0 Å². The lowest BCUT2D eigenvalue weighted by Gasteiger charge is -2.27. The SMILES string of the molecule is CCN(CC)C(=O)C(C)NC(CC(C)C)C(=O)OC. The minimum absolute atomic E-state index is 0.0164. The first-order valence-corrected chi connectivity index (χ1v) is 6.99. The average molecular weight is 272 g/mol. The van der Waals surface area contributed by atoms with Gasteiger partial charge in [-0.3, -0.25) is 14.9 Å². The lowest BCUT2D eigenvalue weighted by atomic mass is 10.0. The summed E-state index contributed by atoms with van der Waals surface area (Å²) >= 11 is 0. The van der Waals surface area contributed by atoms with Crippen molar-refractivity contribution in [2.75, 3.05) is 20.2 Å². The van der Waals surface area contributed by atoms with Crippen LogP contribution in [0.3, 0.4) is 0 Å². The summed E-state index contributed by atoms with van der Waals surface area (Å²) in [6.07, 6.45) is 0.655. The van der Waals surface area contributed by atoms with Gasteiger partial charge in [-0.25, -0.2) is 0 Å². The number of esters is 1. The van der Waals surface area contributed by atoms with E-state index in [-0.39, 0.29) is 17.9 Å². The van der Waals surface area contributed by atoms with Crippen LogP contribution in [0.25, 0.3) is 0 Å². The molecule has 0 aromatic carbocycles. The maximum Gasteiger partial charge on any atom is 0.322 e. The van der Waals surface area contributed by atoms with Crippen LogP contribution in [0.4, 0.5) is 0 Å². The summed E-state index contributed by atoms with van der Waals surface area (Å²) in [5.41, 5.74) is 0. The van der Waals surface area contributed by atoms with E-state index in [9.17, 15) is 9.59 Å². The number of ether oxygens (including phenoxy) is 1. The highest BCUT2D eigenvalue weighted by molar-refractivity contribution is 5.83. The Labute approximate surface area is 116 Å². The van der Waals surface area contributed by atoms with Crippen molar-refractivity contribution < 1.29 is 14.3 Å². The summed E-state index contributed by atoms with van der Waals surface area (Å²) in [4.78, 5) is 25.6. The Hall–Kier alpha value is -1.10. The molecule has 0 radical (unpaired) electrons. The van der Waals surface area contributed by atoms with E-state index in [1.54, 1.807) is 11.8 Å². The number of amides is 1. The zero-order chi connectivity index (χ0) is 15.0. The van der Waals surface area contributed by atoms with Crippen molar-refractivity contribution in [1.29, 1.82) is 0 Å². The number of hydrogen-bond acceptors (Lipinski definition) is 4. The van der Waals surface area contributed by atoms with Crippen LogP contribution < -0.4 is 5.32 Å². The molecular weight excluding hydrogens is 244 g/mol. The molecule has 0 heterocycles. The quantitative estimate of drug-likeness (QED) is 0.679. The van der Waals surface area contributed by atoms with E-state index in [1.807, 2.05) is 27.7 Å². The van der Waals surface area contributed by atoms with Crippen LogP contribution in [0.15, 0.2) is 0 Å². The topological polar surface area (TPSA) is 58.6 Å². The number of methoxy groups -OCH3 is 1. The minimum Gasteiger partial charge on any atom is -0.468 e. The highest BCUT2D eigenvalue weighted by Gasteiger charge is 2.26. The summed E-state index contributed by atoms with van der Waals surface area (Å²) in [6, 6.07) is -0.817. The van der Waals surface area contributed by atoms with E-state index < -0.39 is 6.04 Å². The summed E-state index contributed by atoms with van der Waals surface area (Å²) < 4.78 is 4.78. The number of nitrogens with one attached hydrogen (secondary N) is 1. The molecule has 0 bridgehead atoms. The van der Waals surface area contributed by atoms with Gasteiger partial charge < -0.3 is 9.64 Å². The summed E-state index contributed by atoms with van der Waals surface area (Å²) in [7, 11) is 1.37. The number of likely N-dealkylation sites (N-methyl/N-ethyl adjacent to an activating group) is 1. The minimum atomic E-state index is -0.431. The number of rotatable bonds is 8. The van der Waals surface area contributed by atoms with E-state index in [1.165, 1.54) is 7.11 Å². The second-order valence-corrected chi connectivity index (χ2v) is 5.10. The maximum absolute atomic E-state index is 12.1. The number of hydrogen-bond donors (Lipinski definition) is 1. The lowest BCUT2D eigenvalue weighted by molar-refractivity contribution is -0.144. The van der Waals surface area contributed by atoms with Gasteiger partial charge >= 0.3 is 5.97 Å². The molecule has 2 atom stereocenters. The number of carbonyl (C=O) groups excluding carboxylic acids is 2. The Balaban J connectivity index is 4.65. The number of carbonyl (C=O) groups is 2. The van der Waals surface area contributed by atoms with Crippen molar-refractivity contribution in [3.63, 3.8) is 0 Å². The summed E-state index contributed by atoms with van der Waals surface area (Å²) in [5.74, 6) is 0.0583. The van der Waals surface area contributed by atoms with Crippen molar-refractivity contribution in [1.82, 2.24) is 10.2 Å². The van der Waals surface area contributed by atoms with Gasteiger partial charge in [0, 0.05) is 13.1 Å². The van der Waals surface area contributed by atoms with Crippen LogP contribution in [0, 0.1) is 5.92 Å². The molecule has 0 aromatic rings. The highest BCUT2D eigenvalue weighted by atomic mass is 16.5. The number of nitrogens with zero attached hydrogens (tertiary/aromatic N) is 1. The Kier molecular flexibility index (Phi) is 8.39. The molecule has 0 saturated carbocycles. The van der Waals surface area contributed by atoms with Crippen LogP contribution in [0.2, 0.25) is 0 Å². The second kappa shape index (κ2) is 8.91. The fraction of sp³-hybridized carbons (Fsp3) is 0.857. The molecule has 112 valence electrons. The van der Waals surface area contributed by atoms with Gasteiger partial charge in [0.2, 0.25) is 5.91 Å². The Morgan fingerprint density at radius 1 is 1.16 bits per heavy atom. The fourth-order valence-electron chi connectivity index (χ4n) is 2.03. The first-order valence-electron chi connectivity index (χ1n) is 6.99. The molecule has 1 N–H and O–H groups in total. The molecule has 0 rings (SSSR count). The average Bonchev–Trinajstić information content (AvgIpc) is 2.37. The van der Waals surface area contributed by atoms with Gasteiger partial charge in [0.1, 0.15) is 6.04 Å². The normalized spacial score (nSPS) is 14.1. The molecule has 0 spiro atoms. The van der Waals surface area contributed by atoms with Gasteiger partial charge in [-0.15, -0.1) is 0 Å². The lowest BCUT2D eigenvalue weighted by Crippen LogP contribution is -2.51. The summed E-state index contributed by atoms with van der Waals surface area (Å²) in [5, 5.41) is 3.08. The predicted octanol–water partition coefficient (Wildman–Crippen LogP) is 1.42. The van der Waals surface area contributed by atoms with Gasteiger partial charge in [0.25, 0.3) is 0 Å². The molecule has 1 amide bonds. The van der Waals surface area contributed by atoms with Crippen LogP contribution in [-0.4, -0.2) is 49.1 Å². The molecule has 0 aliphatic carbocycles. The third kappa shape index (κ3) is 6.05. The first-order chi connectivity index (χ1) is 8.87. The van der Waals surface area contributed by atoms with Crippen LogP contribution in [0.5, 0.6) is 0 Å². The van der Waals surface area contributed by atoms with Crippen molar-refractivity contribution in [2.24, 2.45) is 5.92 Å². The monoisotopic (exact) mass is 272 g/mol. The van der Waals surface area contributed by atoms with Crippen LogP contribution in [-0.2, 0) is 14.3 Å². The van der Waals surface area contributed by atoms with Gasteiger partial charge in [-0.05, 0) is 33.1 Å². The first kappa shape index (κ1) is 17.9. The summed E-state index contributed by atoms with van der Waals surface area (Å²) in [6.45, 7) is 11.1. The molecular formula is C14H28N2O3. The highest BCUT2D eigenvalue weighted by Crippen LogP contribution is 2.08. The molecule has 0 fully saturated rings. The third-order valence-corrected chi connectivity index (χ3v) is 3.09. The van der Waals surface area contributed by atoms with Crippen molar-refractivity contribution >= 4 is 11.9 Å². The molecule has 0 aliphatic rings. The van der Waals surface area contributed by atoms with E-state index in [4.69, 9.17) is 4.74 Å². The largest absolute Gasteiger partial charge is 0.468 e. The maximum atomic E-state index is 12.1. The van der Waals surface area contributed by atoms with Crippen molar-refractivity contribution in [3.8, 4) is 0 Å². The van der Waals surface area contributed by atoms with Gasteiger partial charge in [0.15, 0.2) is 0 Å². The van der Waals surface area contributed by atoms with E-state index in [0.29, 0.717) is 25.4 Å². The smallest absolute Gasteiger partial charge is 0.322 e. The van der Waals surface area contributed by atoms with Crippen molar-refractivity contribution in [3.05, 3.63) is 0 Å². The Bertz CT molecular complexity index is 288. The van der Waals surface area contributed by atoms with Gasteiger partial charge in [0.05, 0.1) is 13.2 Å².